The van der Waals surface area contributed by atoms with E-state index in [1.54, 1.807) is 4.90 Å². The van der Waals surface area contributed by atoms with Crippen LogP contribution in [0.2, 0.25) is 0 Å². The number of carbonyl (C=O) groups excluding carboxylic acids is 2. The van der Waals surface area contributed by atoms with Gasteiger partial charge < -0.3 is 10.2 Å². The van der Waals surface area contributed by atoms with Crippen LogP contribution in [-0.2, 0) is 9.59 Å². The lowest BCUT2D eigenvalue weighted by atomic mass is 10.0. The topological polar surface area (TPSA) is 52.7 Å². The monoisotopic (exact) mass is 255 g/mol. The average Bonchev–Trinajstić information content (AvgIpc) is 2.32. The van der Waals surface area contributed by atoms with E-state index in [4.69, 9.17) is 0 Å². The molecule has 5 nitrogen and oxygen atoms in total. The van der Waals surface area contributed by atoms with Crippen LogP contribution in [0.4, 0.5) is 0 Å². The van der Waals surface area contributed by atoms with Gasteiger partial charge in [-0.2, -0.15) is 0 Å². The third kappa shape index (κ3) is 4.29. The number of hydrogen-bond donors (Lipinski definition) is 1. The number of nitrogens with one attached hydrogen (secondary N) is 1. The van der Waals surface area contributed by atoms with E-state index in [0.717, 1.165) is 19.6 Å². The van der Waals surface area contributed by atoms with Crippen molar-refractivity contribution in [3.05, 3.63) is 0 Å². The summed E-state index contributed by atoms with van der Waals surface area (Å²) < 4.78 is 0. The second-order valence-electron chi connectivity index (χ2n) is 5.32. The molecule has 0 saturated carbocycles. The molecule has 5 heteroatoms. The first-order valence-corrected chi connectivity index (χ1v) is 6.69. The summed E-state index contributed by atoms with van der Waals surface area (Å²) in [5.74, 6) is 0.606. The zero-order chi connectivity index (χ0) is 13.7. The minimum atomic E-state index is 0.0779. The molecular formula is C13H25N3O2. The molecule has 1 aliphatic heterocycles. The van der Waals surface area contributed by atoms with Crippen LogP contribution in [0.5, 0.6) is 0 Å². The van der Waals surface area contributed by atoms with Crippen molar-refractivity contribution < 1.29 is 9.59 Å². The normalized spacial score (nSPS) is 19.2. The van der Waals surface area contributed by atoms with Gasteiger partial charge in [-0.05, 0) is 5.92 Å². The molecule has 1 aliphatic rings. The van der Waals surface area contributed by atoms with Crippen molar-refractivity contribution in [1.29, 1.82) is 0 Å². The molecule has 18 heavy (non-hydrogen) atoms. The number of likely N-dealkylation sites (N-methyl/N-ethyl adjacent to an activating group) is 1. The van der Waals surface area contributed by atoms with Crippen LogP contribution in [0.3, 0.4) is 0 Å². The molecule has 0 radical (unpaired) electrons. The molecule has 104 valence electrons. The molecule has 0 aromatic carbocycles. The molecular weight excluding hydrogens is 230 g/mol. The SMILES string of the molecule is CCC(=O)N[C@@H](CN1CCN(C)C(=O)C1)C(C)C. The van der Waals surface area contributed by atoms with E-state index in [9.17, 15) is 9.59 Å². The van der Waals surface area contributed by atoms with Gasteiger partial charge in [0.1, 0.15) is 0 Å². The standard InChI is InChI=1S/C13H25N3O2/c1-5-12(17)14-11(10(2)3)8-16-7-6-15(4)13(18)9-16/h10-11H,5-9H2,1-4H3,(H,14,17)/t11-/m0/s1. The number of amides is 2. The fourth-order valence-electron chi connectivity index (χ4n) is 1.97. The van der Waals surface area contributed by atoms with Gasteiger partial charge in [-0.25, -0.2) is 0 Å². The molecule has 0 spiro atoms. The van der Waals surface area contributed by atoms with Crippen LogP contribution in [0.25, 0.3) is 0 Å². The first-order chi connectivity index (χ1) is 8.43. The van der Waals surface area contributed by atoms with E-state index < -0.39 is 0 Å². The summed E-state index contributed by atoms with van der Waals surface area (Å²) in [5.41, 5.74) is 0. The van der Waals surface area contributed by atoms with Crippen molar-refractivity contribution in [2.75, 3.05) is 33.2 Å². The van der Waals surface area contributed by atoms with Gasteiger partial charge in [-0.3, -0.25) is 14.5 Å². The quantitative estimate of drug-likeness (QED) is 0.769. The highest BCUT2D eigenvalue weighted by Crippen LogP contribution is 2.08. The molecule has 1 atom stereocenters. The van der Waals surface area contributed by atoms with Crippen LogP contribution < -0.4 is 5.32 Å². The van der Waals surface area contributed by atoms with Gasteiger partial charge in [0.15, 0.2) is 0 Å². The predicted molar refractivity (Wildman–Crippen MR) is 71.1 cm³/mol. The summed E-state index contributed by atoms with van der Waals surface area (Å²) >= 11 is 0. The van der Waals surface area contributed by atoms with Gasteiger partial charge in [0.25, 0.3) is 0 Å². The van der Waals surface area contributed by atoms with Gasteiger partial charge >= 0.3 is 0 Å². The highest BCUT2D eigenvalue weighted by Gasteiger charge is 2.25. The maximum absolute atomic E-state index is 11.6. The molecule has 2 amide bonds. The lowest BCUT2D eigenvalue weighted by Crippen LogP contribution is -2.54. The van der Waals surface area contributed by atoms with Crippen LogP contribution in [0, 0.1) is 5.92 Å². The van der Waals surface area contributed by atoms with Crippen LogP contribution in [0.15, 0.2) is 0 Å². The molecule has 0 aliphatic carbocycles. The van der Waals surface area contributed by atoms with Crippen LogP contribution >= 0.6 is 0 Å². The van der Waals surface area contributed by atoms with Crippen molar-refractivity contribution in [2.24, 2.45) is 5.92 Å². The number of rotatable bonds is 5. The summed E-state index contributed by atoms with van der Waals surface area (Å²) in [6.45, 7) is 8.91. The van der Waals surface area contributed by atoms with Crippen LogP contribution in [0.1, 0.15) is 27.2 Å². The Morgan fingerprint density at radius 1 is 1.39 bits per heavy atom. The third-order valence-corrected chi connectivity index (χ3v) is 3.46. The van der Waals surface area contributed by atoms with Crippen molar-refractivity contribution in [3.8, 4) is 0 Å². The van der Waals surface area contributed by atoms with E-state index in [-0.39, 0.29) is 17.9 Å². The summed E-state index contributed by atoms with van der Waals surface area (Å²) in [6, 6.07) is 0.119. The molecule has 0 bridgehead atoms. The van der Waals surface area contributed by atoms with E-state index in [1.165, 1.54) is 0 Å². The second kappa shape index (κ2) is 6.73. The number of piperazine rings is 1. The minimum Gasteiger partial charge on any atom is -0.352 e. The summed E-state index contributed by atoms with van der Waals surface area (Å²) in [4.78, 5) is 27.0. The zero-order valence-corrected chi connectivity index (χ0v) is 11.9. The molecule has 0 unspecified atom stereocenters. The van der Waals surface area contributed by atoms with E-state index in [2.05, 4.69) is 24.1 Å². The first-order valence-electron chi connectivity index (χ1n) is 6.69. The van der Waals surface area contributed by atoms with Crippen molar-refractivity contribution in [3.63, 3.8) is 0 Å². The summed E-state index contributed by atoms with van der Waals surface area (Å²) in [6.07, 6.45) is 0.505. The maximum atomic E-state index is 11.6. The smallest absolute Gasteiger partial charge is 0.236 e. The minimum absolute atomic E-state index is 0.0779. The molecule has 0 aromatic rings. The molecule has 0 aromatic heterocycles. The lowest BCUT2D eigenvalue weighted by Gasteiger charge is -2.35. The van der Waals surface area contributed by atoms with Gasteiger partial charge in [0, 0.05) is 39.1 Å². The Bertz CT molecular complexity index is 305. The fraction of sp³-hybridized carbons (Fsp3) is 0.846. The van der Waals surface area contributed by atoms with Crippen molar-refractivity contribution >= 4 is 11.8 Å². The Balaban J connectivity index is 2.51. The predicted octanol–water partition coefficient (Wildman–Crippen LogP) is 0.311. The van der Waals surface area contributed by atoms with Crippen molar-refractivity contribution in [2.45, 2.75) is 33.2 Å². The Morgan fingerprint density at radius 3 is 2.56 bits per heavy atom. The Morgan fingerprint density at radius 2 is 2.06 bits per heavy atom. The largest absolute Gasteiger partial charge is 0.352 e. The highest BCUT2D eigenvalue weighted by molar-refractivity contribution is 5.78. The maximum Gasteiger partial charge on any atom is 0.236 e. The molecule has 1 rings (SSSR count). The third-order valence-electron chi connectivity index (χ3n) is 3.46. The second-order valence-corrected chi connectivity index (χ2v) is 5.32. The summed E-state index contributed by atoms with van der Waals surface area (Å²) in [5, 5.41) is 3.03. The Hall–Kier alpha value is -1.10. The molecule has 1 heterocycles. The Labute approximate surface area is 110 Å². The Kier molecular flexibility index (Phi) is 5.59. The van der Waals surface area contributed by atoms with E-state index in [0.29, 0.717) is 18.9 Å². The number of hydrogen-bond acceptors (Lipinski definition) is 3. The number of nitrogens with zero attached hydrogens (tertiary/aromatic N) is 2. The van der Waals surface area contributed by atoms with Gasteiger partial charge in [0.2, 0.25) is 11.8 Å². The summed E-state index contributed by atoms with van der Waals surface area (Å²) in [7, 11) is 1.83. The lowest BCUT2D eigenvalue weighted by molar-refractivity contribution is -0.134. The van der Waals surface area contributed by atoms with Gasteiger partial charge in [0.05, 0.1) is 6.54 Å². The zero-order valence-electron chi connectivity index (χ0n) is 11.9. The first kappa shape index (κ1) is 15.0. The van der Waals surface area contributed by atoms with E-state index >= 15 is 0 Å². The van der Waals surface area contributed by atoms with Crippen molar-refractivity contribution in [1.82, 2.24) is 15.1 Å². The number of carbonyl (C=O) groups is 2. The fourth-order valence-corrected chi connectivity index (χ4v) is 1.97. The average molecular weight is 255 g/mol. The van der Waals surface area contributed by atoms with Gasteiger partial charge in [-0.1, -0.05) is 20.8 Å². The van der Waals surface area contributed by atoms with Gasteiger partial charge in [-0.15, -0.1) is 0 Å². The molecule has 1 fully saturated rings. The van der Waals surface area contributed by atoms with E-state index in [1.807, 2.05) is 14.0 Å². The highest BCUT2D eigenvalue weighted by atomic mass is 16.2. The molecule has 1 N–H and O–H groups in total. The van der Waals surface area contributed by atoms with Crippen LogP contribution in [-0.4, -0.2) is 60.9 Å². The molecule has 1 saturated heterocycles.